The van der Waals surface area contributed by atoms with Gasteiger partial charge in [-0.2, -0.15) is 0 Å². The van der Waals surface area contributed by atoms with Gasteiger partial charge in [0.2, 0.25) is 5.91 Å². The molecule has 19 heavy (non-hydrogen) atoms. The SMILES string of the molecule is Cc1ccc(C)c(NC(=S)NNC(=O)CC(C)C)c1. The average Bonchev–Trinajstić information content (AvgIpc) is 2.30. The summed E-state index contributed by atoms with van der Waals surface area (Å²) in [6.07, 6.45) is 0.471. The monoisotopic (exact) mass is 279 g/mol. The Morgan fingerprint density at radius 3 is 2.58 bits per heavy atom. The number of carbonyl (C=O) groups excluding carboxylic acids is 1. The van der Waals surface area contributed by atoms with Gasteiger partial charge in [0.1, 0.15) is 0 Å². The van der Waals surface area contributed by atoms with Gasteiger partial charge in [-0.3, -0.25) is 15.6 Å². The third-order valence-electron chi connectivity index (χ3n) is 2.55. The normalized spacial score (nSPS) is 10.2. The van der Waals surface area contributed by atoms with Crippen molar-refractivity contribution in [3.63, 3.8) is 0 Å². The highest BCUT2D eigenvalue weighted by Crippen LogP contribution is 2.15. The molecule has 0 aromatic heterocycles. The van der Waals surface area contributed by atoms with E-state index in [-0.39, 0.29) is 5.91 Å². The fourth-order valence-electron chi connectivity index (χ4n) is 1.57. The number of carbonyl (C=O) groups is 1. The van der Waals surface area contributed by atoms with E-state index in [1.165, 1.54) is 0 Å². The molecule has 0 saturated carbocycles. The zero-order valence-electron chi connectivity index (χ0n) is 11.8. The molecular formula is C14H21N3OS. The lowest BCUT2D eigenvalue weighted by molar-refractivity contribution is -0.122. The minimum atomic E-state index is -0.0693. The number of hydrazine groups is 1. The molecule has 0 aliphatic carbocycles. The van der Waals surface area contributed by atoms with Gasteiger partial charge in [0.15, 0.2) is 5.11 Å². The lowest BCUT2D eigenvalue weighted by atomic mass is 10.1. The van der Waals surface area contributed by atoms with Crippen LogP contribution in [-0.2, 0) is 4.79 Å². The van der Waals surface area contributed by atoms with Gasteiger partial charge < -0.3 is 5.32 Å². The number of amides is 1. The molecule has 0 saturated heterocycles. The predicted octanol–water partition coefficient (Wildman–Crippen LogP) is 2.67. The summed E-state index contributed by atoms with van der Waals surface area (Å²) >= 11 is 5.13. The van der Waals surface area contributed by atoms with E-state index in [0.717, 1.165) is 16.8 Å². The Kier molecular flexibility index (Phi) is 5.76. The number of hydrogen-bond acceptors (Lipinski definition) is 2. The molecule has 1 aromatic rings. The molecule has 104 valence electrons. The van der Waals surface area contributed by atoms with Crippen molar-refractivity contribution in [3.05, 3.63) is 29.3 Å². The van der Waals surface area contributed by atoms with Crippen LogP contribution < -0.4 is 16.2 Å². The summed E-state index contributed by atoms with van der Waals surface area (Å²) in [6, 6.07) is 6.08. The van der Waals surface area contributed by atoms with E-state index in [9.17, 15) is 4.79 Å². The number of anilines is 1. The fourth-order valence-corrected chi connectivity index (χ4v) is 1.73. The second-order valence-corrected chi connectivity index (χ2v) is 5.45. The molecule has 1 aromatic carbocycles. The van der Waals surface area contributed by atoms with Crippen molar-refractivity contribution in [1.82, 2.24) is 10.9 Å². The molecule has 0 heterocycles. The van der Waals surface area contributed by atoms with E-state index in [1.807, 2.05) is 45.9 Å². The van der Waals surface area contributed by atoms with Crippen LogP contribution in [0.25, 0.3) is 0 Å². The van der Waals surface area contributed by atoms with Crippen molar-refractivity contribution in [1.29, 1.82) is 0 Å². The average molecular weight is 279 g/mol. The Morgan fingerprint density at radius 1 is 1.26 bits per heavy atom. The van der Waals surface area contributed by atoms with Crippen LogP contribution in [0.1, 0.15) is 31.4 Å². The molecule has 4 nitrogen and oxygen atoms in total. The van der Waals surface area contributed by atoms with Gasteiger partial charge in [-0.25, -0.2) is 0 Å². The number of rotatable bonds is 3. The molecule has 0 radical (unpaired) electrons. The summed E-state index contributed by atoms with van der Waals surface area (Å²) in [5, 5.41) is 3.45. The Balaban J connectivity index is 2.47. The van der Waals surface area contributed by atoms with Crippen molar-refractivity contribution in [3.8, 4) is 0 Å². The maximum Gasteiger partial charge on any atom is 0.238 e. The molecule has 0 aliphatic rings. The first-order valence-electron chi connectivity index (χ1n) is 6.31. The highest BCUT2D eigenvalue weighted by molar-refractivity contribution is 7.80. The minimum Gasteiger partial charge on any atom is -0.331 e. The van der Waals surface area contributed by atoms with Crippen LogP contribution in [-0.4, -0.2) is 11.0 Å². The maximum absolute atomic E-state index is 11.5. The van der Waals surface area contributed by atoms with Crippen molar-refractivity contribution < 1.29 is 4.79 Å². The standard InChI is InChI=1S/C14H21N3OS/c1-9(2)7-13(18)16-17-14(19)15-12-8-10(3)5-6-11(12)4/h5-6,8-9H,7H2,1-4H3,(H,16,18)(H2,15,17,19). The molecule has 0 bridgehead atoms. The Morgan fingerprint density at radius 2 is 1.95 bits per heavy atom. The largest absolute Gasteiger partial charge is 0.331 e. The van der Waals surface area contributed by atoms with Crippen LogP contribution in [0.4, 0.5) is 5.69 Å². The number of hydrogen-bond donors (Lipinski definition) is 3. The highest BCUT2D eigenvalue weighted by atomic mass is 32.1. The molecule has 0 spiro atoms. The zero-order chi connectivity index (χ0) is 14.4. The Bertz CT molecular complexity index is 472. The summed E-state index contributed by atoms with van der Waals surface area (Å²) in [5.41, 5.74) is 8.47. The molecule has 1 rings (SSSR count). The summed E-state index contributed by atoms with van der Waals surface area (Å²) in [6.45, 7) is 8.01. The van der Waals surface area contributed by atoms with Gasteiger partial charge in [-0.05, 0) is 49.2 Å². The summed E-state index contributed by atoms with van der Waals surface area (Å²) < 4.78 is 0. The van der Waals surface area contributed by atoms with Crippen molar-refractivity contribution in [2.24, 2.45) is 5.92 Å². The van der Waals surface area contributed by atoms with Crippen LogP contribution in [0.2, 0.25) is 0 Å². The topological polar surface area (TPSA) is 53.2 Å². The molecule has 0 aliphatic heterocycles. The second-order valence-electron chi connectivity index (χ2n) is 5.04. The Labute approximate surface area is 119 Å². The van der Waals surface area contributed by atoms with E-state index < -0.39 is 0 Å². The lowest BCUT2D eigenvalue weighted by Gasteiger charge is -2.14. The molecule has 3 N–H and O–H groups in total. The minimum absolute atomic E-state index is 0.0693. The maximum atomic E-state index is 11.5. The van der Waals surface area contributed by atoms with Gasteiger partial charge in [0, 0.05) is 12.1 Å². The van der Waals surface area contributed by atoms with Crippen LogP contribution in [0, 0.1) is 19.8 Å². The third kappa shape index (κ3) is 5.70. The van der Waals surface area contributed by atoms with Crippen LogP contribution in [0.5, 0.6) is 0 Å². The number of benzene rings is 1. The van der Waals surface area contributed by atoms with E-state index >= 15 is 0 Å². The fraction of sp³-hybridized carbons (Fsp3) is 0.429. The molecule has 0 unspecified atom stereocenters. The van der Waals surface area contributed by atoms with Gasteiger partial charge in [0.05, 0.1) is 0 Å². The van der Waals surface area contributed by atoms with Gasteiger partial charge in [-0.15, -0.1) is 0 Å². The van der Waals surface area contributed by atoms with Gasteiger partial charge in [-0.1, -0.05) is 26.0 Å². The van der Waals surface area contributed by atoms with Crippen molar-refractivity contribution in [2.45, 2.75) is 34.1 Å². The predicted molar refractivity (Wildman–Crippen MR) is 82.9 cm³/mol. The van der Waals surface area contributed by atoms with Gasteiger partial charge in [0.25, 0.3) is 0 Å². The van der Waals surface area contributed by atoms with Crippen LogP contribution in [0.3, 0.4) is 0 Å². The summed E-state index contributed by atoms with van der Waals surface area (Å²) in [7, 11) is 0. The number of aryl methyl sites for hydroxylation is 2. The van der Waals surface area contributed by atoms with E-state index in [4.69, 9.17) is 12.2 Å². The summed E-state index contributed by atoms with van der Waals surface area (Å²) in [5.74, 6) is 0.252. The van der Waals surface area contributed by atoms with E-state index in [1.54, 1.807) is 0 Å². The third-order valence-corrected chi connectivity index (χ3v) is 2.75. The second kappa shape index (κ2) is 7.09. The number of thiocarbonyl (C=S) groups is 1. The first-order valence-corrected chi connectivity index (χ1v) is 6.72. The smallest absolute Gasteiger partial charge is 0.238 e. The first kappa shape index (κ1) is 15.4. The Hall–Kier alpha value is -1.62. The molecule has 1 amide bonds. The molecular weight excluding hydrogens is 258 g/mol. The van der Waals surface area contributed by atoms with Crippen LogP contribution in [0.15, 0.2) is 18.2 Å². The quantitative estimate of drug-likeness (QED) is 0.588. The van der Waals surface area contributed by atoms with Gasteiger partial charge >= 0.3 is 0 Å². The molecule has 0 fully saturated rings. The van der Waals surface area contributed by atoms with Crippen molar-refractivity contribution in [2.75, 3.05) is 5.32 Å². The lowest BCUT2D eigenvalue weighted by Crippen LogP contribution is -2.44. The zero-order valence-corrected chi connectivity index (χ0v) is 12.6. The highest BCUT2D eigenvalue weighted by Gasteiger charge is 2.05. The first-order chi connectivity index (χ1) is 8.88. The van der Waals surface area contributed by atoms with E-state index in [0.29, 0.717) is 17.5 Å². The van der Waals surface area contributed by atoms with Crippen molar-refractivity contribution >= 4 is 28.9 Å². The van der Waals surface area contributed by atoms with E-state index in [2.05, 4.69) is 16.2 Å². The number of nitrogens with one attached hydrogen (secondary N) is 3. The summed E-state index contributed by atoms with van der Waals surface area (Å²) in [4.78, 5) is 11.5. The molecule has 0 atom stereocenters. The molecule has 5 heteroatoms. The van der Waals surface area contributed by atoms with Crippen LogP contribution >= 0.6 is 12.2 Å².